The number of nitrogens with zero attached hydrogens (tertiary/aromatic N) is 1. The fourth-order valence-electron chi connectivity index (χ4n) is 2.49. The van der Waals surface area contributed by atoms with Gasteiger partial charge in [-0.05, 0) is 55.2 Å². The van der Waals surface area contributed by atoms with Crippen molar-refractivity contribution < 1.29 is 9.59 Å². The molecule has 6 heteroatoms. The van der Waals surface area contributed by atoms with E-state index in [2.05, 4.69) is 27.0 Å². The van der Waals surface area contributed by atoms with Crippen molar-refractivity contribution in [2.75, 3.05) is 26.2 Å². The largest absolute Gasteiger partial charge is 0.348 e. The molecule has 2 heterocycles. The lowest BCUT2D eigenvalue weighted by Crippen LogP contribution is -2.43. The van der Waals surface area contributed by atoms with Gasteiger partial charge in [-0.25, -0.2) is 0 Å². The third-order valence-electron chi connectivity index (χ3n) is 3.51. The van der Waals surface area contributed by atoms with E-state index < -0.39 is 11.8 Å². The van der Waals surface area contributed by atoms with Crippen molar-refractivity contribution in [3.63, 3.8) is 0 Å². The zero-order valence-corrected chi connectivity index (χ0v) is 12.5. The quantitative estimate of drug-likeness (QED) is 0.801. The first-order chi connectivity index (χ1) is 9.72. The molecule has 0 radical (unpaired) electrons. The number of amides is 2. The fraction of sp³-hybridized carbons (Fsp3) is 0.571. The Hall–Kier alpha value is -1.40. The number of rotatable bonds is 5. The van der Waals surface area contributed by atoms with E-state index in [1.165, 1.54) is 18.4 Å². The van der Waals surface area contributed by atoms with Crippen LogP contribution in [0.4, 0.5) is 0 Å². The predicted octanol–water partition coefficient (Wildman–Crippen LogP) is 1.14. The van der Waals surface area contributed by atoms with E-state index in [0.717, 1.165) is 13.1 Å². The van der Waals surface area contributed by atoms with Gasteiger partial charge in [0, 0.05) is 13.1 Å². The molecule has 20 heavy (non-hydrogen) atoms. The molecule has 1 atom stereocenters. The van der Waals surface area contributed by atoms with Crippen LogP contribution in [0.5, 0.6) is 0 Å². The van der Waals surface area contributed by atoms with Crippen LogP contribution in [-0.2, 0) is 9.59 Å². The molecule has 110 valence electrons. The standard InChI is InChI=1S/C14H21N3O2S/c1-2-15-13(18)14(19)16-9-12(11-5-8-20-10-11)17-6-3-4-7-17/h5,8,10,12H,2-4,6-7,9H2,1H3,(H,15,18)(H,16,19). The Bertz CT molecular complexity index is 441. The molecular formula is C14H21N3O2S. The van der Waals surface area contributed by atoms with Crippen molar-refractivity contribution in [1.29, 1.82) is 0 Å². The molecule has 2 N–H and O–H groups in total. The molecule has 1 unspecified atom stereocenters. The van der Waals surface area contributed by atoms with E-state index >= 15 is 0 Å². The monoisotopic (exact) mass is 295 g/mol. The molecule has 1 aliphatic rings. The number of carbonyl (C=O) groups excluding carboxylic acids is 2. The summed E-state index contributed by atoms with van der Waals surface area (Å²) in [6.07, 6.45) is 2.40. The van der Waals surface area contributed by atoms with Crippen molar-refractivity contribution in [2.24, 2.45) is 0 Å². The number of hydrogen-bond acceptors (Lipinski definition) is 4. The maximum atomic E-state index is 11.7. The number of nitrogens with one attached hydrogen (secondary N) is 2. The highest BCUT2D eigenvalue weighted by Crippen LogP contribution is 2.26. The van der Waals surface area contributed by atoms with Gasteiger partial charge < -0.3 is 10.6 Å². The summed E-state index contributed by atoms with van der Waals surface area (Å²) < 4.78 is 0. The molecule has 0 saturated carbocycles. The fourth-order valence-corrected chi connectivity index (χ4v) is 3.19. The minimum absolute atomic E-state index is 0.169. The van der Waals surface area contributed by atoms with Crippen LogP contribution >= 0.6 is 11.3 Å². The SMILES string of the molecule is CCNC(=O)C(=O)NCC(c1ccsc1)N1CCCC1. The van der Waals surface area contributed by atoms with Crippen LogP contribution in [-0.4, -0.2) is 42.9 Å². The number of thiophene rings is 1. The summed E-state index contributed by atoms with van der Waals surface area (Å²) in [5, 5.41) is 9.41. The zero-order valence-electron chi connectivity index (χ0n) is 11.7. The van der Waals surface area contributed by atoms with Crippen LogP contribution in [0, 0.1) is 0 Å². The molecule has 0 aromatic carbocycles. The number of carbonyl (C=O) groups is 2. The molecule has 1 fully saturated rings. The van der Waals surface area contributed by atoms with Crippen LogP contribution in [0.25, 0.3) is 0 Å². The zero-order chi connectivity index (χ0) is 14.4. The lowest BCUT2D eigenvalue weighted by molar-refractivity contribution is -0.139. The van der Waals surface area contributed by atoms with Crippen LogP contribution in [0.3, 0.4) is 0 Å². The molecule has 2 amide bonds. The molecule has 1 aromatic heterocycles. The second kappa shape index (κ2) is 7.40. The van der Waals surface area contributed by atoms with E-state index in [9.17, 15) is 9.59 Å². The van der Waals surface area contributed by atoms with Gasteiger partial charge in [0.1, 0.15) is 0 Å². The second-order valence-electron chi connectivity index (χ2n) is 4.89. The Balaban J connectivity index is 1.94. The highest BCUT2D eigenvalue weighted by atomic mass is 32.1. The Morgan fingerprint density at radius 2 is 2.00 bits per heavy atom. The number of likely N-dealkylation sites (tertiary alicyclic amines) is 1. The van der Waals surface area contributed by atoms with Gasteiger partial charge in [-0.1, -0.05) is 0 Å². The highest BCUT2D eigenvalue weighted by Gasteiger charge is 2.25. The Morgan fingerprint density at radius 1 is 1.30 bits per heavy atom. The van der Waals surface area contributed by atoms with E-state index in [1.54, 1.807) is 18.3 Å². The van der Waals surface area contributed by atoms with Gasteiger partial charge in [0.05, 0.1) is 6.04 Å². The van der Waals surface area contributed by atoms with Crippen LogP contribution < -0.4 is 10.6 Å². The van der Waals surface area contributed by atoms with Gasteiger partial charge in [0.25, 0.3) is 0 Å². The minimum atomic E-state index is -0.557. The maximum Gasteiger partial charge on any atom is 0.309 e. The van der Waals surface area contributed by atoms with Gasteiger partial charge in [0.2, 0.25) is 0 Å². The van der Waals surface area contributed by atoms with Crippen LogP contribution in [0.1, 0.15) is 31.4 Å². The van der Waals surface area contributed by atoms with Gasteiger partial charge in [-0.15, -0.1) is 0 Å². The van der Waals surface area contributed by atoms with E-state index in [0.29, 0.717) is 13.1 Å². The summed E-state index contributed by atoms with van der Waals surface area (Å²) in [5.74, 6) is -1.11. The van der Waals surface area contributed by atoms with Crippen molar-refractivity contribution in [1.82, 2.24) is 15.5 Å². The first-order valence-electron chi connectivity index (χ1n) is 7.04. The molecule has 2 rings (SSSR count). The first kappa shape index (κ1) is 15.0. The van der Waals surface area contributed by atoms with Crippen molar-refractivity contribution in [3.8, 4) is 0 Å². The topological polar surface area (TPSA) is 61.4 Å². The minimum Gasteiger partial charge on any atom is -0.348 e. The molecule has 5 nitrogen and oxygen atoms in total. The molecular weight excluding hydrogens is 274 g/mol. The van der Waals surface area contributed by atoms with E-state index in [1.807, 2.05) is 5.38 Å². The third kappa shape index (κ3) is 3.80. The Kier molecular flexibility index (Phi) is 5.55. The van der Waals surface area contributed by atoms with E-state index in [4.69, 9.17) is 0 Å². The van der Waals surface area contributed by atoms with Gasteiger partial charge >= 0.3 is 11.8 Å². The lowest BCUT2D eigenvalue weighted by Gasteiger charge is -2.27. The van der Waals surface area contributed by atoms with Crippen molar-refractivity contribution in [2.45, 2.75) is 25.8 Å². The lowest BCUT2D eigenvalue weighted by atomic mass is 10.1. The summed E-state index contributed by atoms with van der Waals surface area (Å²) in [7, 11) is 0. The predicted molar refractivity (Wildman–Crippen MR) is 79.6 cm³/mol. The Labute approximate surface area is 123 Å². The van der Waals surface area contributed by atoms with Gasteiger partial charge in [-0.2, -0.15) is 11.3 Å². The Morgan fingerprint density at radius 3 is 2.60 bits per heavy atom. The van der Waals surface area contributed by atoms with Crippen molar-refractivity contribution in [3.05, 3.63) is 22.4 Å². The summed E-state index contributed by atoms with van der Waals surface area (Å²) in [5.41, 5.74) is 1.22. The summed E-state index contributed by atoms with van der Waals surface area (Å²) in [6, 6.07) is 2.26. The van der Waals surface area contributed by atoms with Crippen LogP contribution in [0.15, 0.2) is 16.8 Å². The van der Waals surface area contributed by atoms with Crippen LogP contribution in [0.2, 0.25) is 0 Å². The molecule has 1 aliphatic heterocycles. The third-order valence-corrected chi connectivity index (χ3v) is 4.21. The average Bonchev–Trinajstić information content (AvgIpc) is 3.12. The average molecular weight is 295 g/mol. The summed E-state index contributed by atoms with van der Waals surface area (Å²) >= 11 is 1.66. The highest BCUT2D eigenvalue weighted by molar-refractivity contribution is 7.07. The smallest absolute Gasteiger partial charge is 0.309 e. The van der Waals surface area contributed by atoms with E-state index in [-0.39, 0.29) is 6.04 Å². The maximum absolute atomic E-state index is 11.7. The molecule has 1 aromatic rings. The summed E-state index contributed by atoms with van der Waals surface area (Å²) in [4.78, 5) is 25.5. The molecule has 0 bridgehead atoms. The molecule has 0 spiro atoms. The second-order valence-corrected chi connectivity index (χ2v) is 5.67. The van der Waals surface area contributed by atoms with Gasteiger partial charge in [-0.3, -0.25) is 14.5 Å². The molecule has 0 aliphatic carbocycles. The van der Waals surface area contributed by atoms with Crippen molar-refractivity contribution >= 4 is 23.2 Å². The normalized spacial score (nSPS) is 16.9. The molecule has 1 saturated heterocycles. The number of hydrogen-bond donors (Lipinski definition) is 2. The summed E-state index contributed by atoms with van der Waals surface area (Å²) in [6.45, 7) is 4.84. The number of likely N-dealkylation sites (N-methyl/N-ethyl adjacent to an activating group) is 1. The first-order valence-corrected chi connectivity index (χ1v) is 7.98. The van der Waals surface area contributed by atoms with Gasteiger partial charge in [0.15, 0.2) is 0 Å².